The number of aromatic carboxylic acids is 1. The first-order valence-electron chi connectivity index (χ1n) is 9.43. The Morgan fingerprint density at radius 1 is 1.23 bits per heavy atom. The quantitative estimate of drug-likeness (QED) is 0.727. The Kier molecular flexibility index (Phi) is 6.24. The molecule has 1 aliphatic carbocycles. The van der Waals surface area contributed by atoms with Gasteiger partial charge in [0.25, 0.3) is 0 Å². The highest BCUT2D eigenvalue weighted by Gasteiger charge is 2.35. The van der Waals surface area contributed by atoms with Crippen molar-refractivity contribution in [2.45, 2.75) is 62.3 Å². The Hall–Kier alpha value is -1.53. The Bertz CT molecular complexity index is 640. The van der Waals surface area contributed by atoms with Gasteiger partial charge in [-0.15, -0.1) is 11.8 Å². The molecule has 1 atom stereocenters. The minimum absolute atomic E-state index is 0.187. The van der Waals surface area contributed by atoms with Gasteiger partial charge in [-0.3, -0.25) is 4.79 Å². The Morgan fingerprint density at radius 3 is 2.58 bits per heavy atom. The summed E-state index contributed by atoms with van der Waals surface area (Å²) in [6, 6.07) is 7.01. The van der Waals surface area contributed by atoms with Gasteiger partial charge in [0.1, 0.15) is 0 Å². The third kappa shape index (κ3) is 4.80. The number of benzene rings is 1. The molecule has 1 aromatic rings. The molecule has 1 aliphatic heterocycles. The number of rotatable bonds is 8. The van der Waals surface area contributed by atoms with Gasteiger partial charge < -0.3 is 15.1 Å². The lowest BCUT2D eigenvalue weighted by atomic mass is 9.97. The third-order valence-electron chi connectivity index (χ3n) is 5.54. The number of hydrogen-bond donors (Lipinski definition) is 2. The van der Waals surface area contributed by atoms with Crippen molar-refractivity contribution in [2.75, 3.05) is 12.3 Å². The van der Waals surface area contributed by atoms with Crippen LogP contribution in [0.3, 0.4) is 0 Å². The molecule has 1 amide bonds. The average Bonchev–Trinajstić information content (AvgIpc) is 3.20. The minimum atomic E-state index is -0.906. The number of nitrogens with zero attached hydrogens (tertiary/aromatic N) is 1. The second-order valence-electron chi connectivity index (χ2n) is 7.43. The predicted octanol–water partition coefficient (Wildman–Crippen LogP) is 3.30. The maximum atomic E-state index is 12.2. The van der Waals surface area contributed by atoms with Crippen LogP contribution >= 0.6 is 11.8 Å². The van der Waals surface area contributed by atoms with E-state index in [4.69, 9.17) is 5.11 Å². The summed E-state index contributed by atoms with van der Waals surface area (Å²) >= 11 is 1.70. The van der Waals surface area contributed by atoms with Crippen LogP contribution in [0.4, 0.5) is 0 Å². The zero-order chi connectivity index (χ0) is 18.6. The maximum absolute atomic E-state index is 12.2. The van der Waals surface area contributed by atoms with Crippen LogP contribution in [0, 0.1) is 0 Å². The Labute approximate surface area is 158 Å². The van der Waals surface area contributed by atoms with E-state index in [9.17, 15) is 14.7 Å². The molecule has 0 radical (unpaired) electrons. The molecule has 5 nitrogen and oxygen atoms in total. The summed E-state index contributed by atoms with van der Waals surface area (Å²) in [4.78, 5) is 25.0. The van der Waals surface area contributed by atoms with E-state index in [0.29, 0.717) is 24.3 Å². The zero-order valence-electron chi connectivity index (χ0n) is 15.0. The zero-order valence-corrected chi connectivity index (χ0v) is 15.8. The molecule has 1 unspecified atom stereocenters. The summed E-state index contributed by atoms with van der Waals surface area (Å²) in [5.74, 6) is -0.180. The fourth-order valence-corrected chi connectivity index (χ4v) is 5.15. The van der Waals surface area contributed by atoms with Crippen LogP contribution in [0.25, 0.3) is 0 Å². The molecular weight excluding hydrogens is 350 g/mol. The van der Waals surface area contributed by atoms with Crippen molar-refractivity contribution in [3.63, 3.8) is 0 Å². The second kappa shape index (κ2) is 8.44. The largest absolute Gasteiger partial charge is 0.478 e. The van der Waals surface area contributed by atoms with Gasteiger partial charge in [-0.25, -0.2) is 4.79 Å². The second-order valence-corrected chi connectivity index (χ2v) is 8.59. The summed E-state index contributed by atoms with van der Waals surface area (Å²) in [5, 5.41) is 19.7. The summed E-state index contributed by atoms with van der Waals surface area (Å²) < 4.78 is 0. The van der Waals surface area contributed by atoms with Crippen molar-refractivity contribution in [3.05, 3.63) is 35.4 Å². The molecule has 1 aromatic carbocycles. The number of carboxylic acids is 1. The standard InChI is InChI=1S/C20H27NO4S/c22-17-14-26-18(21(17)13-12-20(25)10-1-2-11-20)5-3-4-15-6-8-16(9-7-15)19(23)24/h6-9,18,25H,1-5,10-14H2,(H,23,24). The number of amides is 1. The van der Waals surface area contributed by atoms with Crippen molar-refractivity contribution in [1.29, 1.82) is 0 Å². The van der Waals surface area contributed by atoms with E-state index in [2.05, 4.69) is 0 Å². The highest BCUT2D eigenvalue weighted by Crippen LogP contribution is 2.35. The fourth-order valence-electron chi connectivity index (χ4n) is 3.92. The van der Waals surface area contributed by atoms with Crippen LogP contribution in [0.2, 0.25) is 0 Å². The molecule has 142 valence electrons. The maximum Gasteiger partial charge on any atom is 0.335 e. The van der Waals surface area contributed by atoms with Crippen LogP contribution in [0.5, 0.6) is 0 Å². The fraction of sp³-hybridized carbons (Fsp3) is 0.600. The van der Waals surface area contributed by atoms with Crippen LogP contribution in [0.15, 0.2) is 24.3 Å². The molecule has 3 rings (SSSR count). The van der Waals surface area contributed by atoms with Gasteiger partial charge in [-0.2, -0.15) is 0 Å². The van der Waals surface area contributed by atoms with Crippen molar-refractivity contribution >= 4 is 23.6 Å². The molecule has 1 saturated carbocycles. The smallest absolute Gasteiger partial charge is 0.335 e. The summed E-state index contributed by atoms with van der Waals surface area (Å²) in [7, 11) is 0. The number of aliphatic hydroxyl groups is 1. The third-order valence-corrected chi connectivity index (χ3v) is 6.83. The molecule has 2 aliphatic rings. The van der Waals surface area contributed by atoms with Gasteiger partial charge in [0.2, 0.25) is 5.91 Å². The lowest BCUT2D eigenvalue weighted by Crippen LogP contribution is -2.38. The van der Waals surface area contributed by atoms with Crippen LogP contribution in [-0.4, -0.2) is 50.3 Å². The van der Waals surface area contributed by atoms with E-state index < -0.39 is 11.6 Å². The van der Waals surface area contributed by atoms with Gasteiger partial charge in [-0.05, 0) is 56.2 Å². The molecule has 1 heterocycles. The lowest BCUT2D eigenvalue weighted by molar-refractivity contribution is -0.128. The molecular formula is C20H27NO4S. The van der Waals surface area contributed by atoms with Crippen molar-refractivity contribution in [1.82, 2.24) is 4.90 Å². The molecule has 26 heavy (non-hydrogen) atoms. The Morgan fingerprint density at radius 2 is 1.92 bits per heavy atom. The molecule has 0 spiro atoms. The number of aryl methyl sites for hydroxylation is 1. The van der Waals surface area contributed by atoms with Gasteiger partial charge in [0, 0.05) is 6.54 Å². The molecule has 2 N–H and O–H groups in total. The first kappa shape index (κ1) is 19.2. The number of carbonyl (C=O) groups is 2. The summed E-state index contributed by atoms with van der Waals surface area (Å²) in [5.41, 5.74) is 0.863. The number of carbonyl (C=O) groups excluding carboxylic acids is 1. The van der Waals surface area contributed by atoms with Crippen LogP contribution in [0.1, 0.15) is 60.9 Å². The lowest BCUT2D eigenvalue weighted by Gasteiger charge is -2.29. The molecule has 6 heteroatoms. The highest BCUT2D eigenvalue weighted by atomic mass is 32.2. The monoisotopic (exact) mass is 377 g/mol. The molecule has 1 saturated heterocycles. The molecule has 0 aromatic heterocycles. The predicted molar refractivity (Wildman–Crippen MR) is 102 cm³/mol. The number of hydrogen-bond acceptors (Lipinski definition) is 4. The SMILES string of the molecule is O=C(O)c1ccc(CCCC2SCC(=O)N2CCC2(O)CCCC2)cc1. The number of carboxylic acid groups (broad SMARTS) is 1. The normalized spacial score (nSPS) is 22.1. The number of thioether (sulfide) groups is 1. The van der Waals surface area contributed by atoms with Gasteiger partial charge >= 0.3 is 5.97 Å². The van der Waals surface area contributed by atoms with E-state index in [0.717, 1.165) is 50.5 Å². The van der Waals surface area contributed by atoms with Gasteiger partial charge in [-0.1, -0.05) is 25.0 Å². The first-order valence-corrected chi connectivity index (χ1v) is 10.5. The van der Waals surface area contributed by atoms with Gasteiger partial charge in [0.15, 0.2) is 0 Å². The van der Waals surface area contributed by atoms with E-state index >= 15 is 0 Å². The van der Waals surface area contributed by atoms with Crippen molar-refractivity contribution in [3.8, 4) is 0 Å². The van der Waals surface area contributed by atoms with Crippen molar-refractivity contribution in [2.24, 2.45) is 0 Å². The van der Waals surface area contributed by atoms with Gasteiger partial charge in [0.05, 0.1) is 22.3 Å². The van der Waals surface area contributed by atoms with E-state index in [-0.39, 0.29) is 11.3 Å². The molecule has 0 bridgehead atoms. The van der Waals surface area contributed by atoms with E-state index in [1.165, 1.54) is 0 Å². The van der Waals surface area contributed by atoms with E-state index in [1.807, 2.05) is 17.0 Å². The average molecular weight is 378 g/mol. The van der Waals surface area contributed by atoms with Crippen LogP contribution < -0.4 is 0 Å². The summed E-state index contributed by atoms with van der Waals surface area (Å²) in [6.45, 7) is 0.653. The summed E-state index contributed by atoms with van der Waals surface area (Å²) in [6.07, 6.45) is 7.34. The van der Waals surface area contributed by atoms with Crippen molar-refractivity contribution < 1.29 is 19.8 Å². The highest BCUT2D eigenvalue weighted by molar-refractivity contribution is 8.00. The first-order chi connectivity index (χ1) is 12.5. The minimum Gasteiger partial charge on any atom is -0.478 e. The Balaban J connectivity index is 1.46. The van der Waals surface area contributed by atoms with E-state index in [1.54, 1.807) is 23.9 Å². The topological polar surface area (TPSA) is 77.8 Å². The van der Waals surface area contributed by atoms with Crippen LogP contribution in [-0.2, 0) is 11.2 Å². The molecule has 2 fully saturated rings.